The average molecular weight is 395 g/mol. The molecule has 3 rings (SSSR count). The zero-order chi connectivity index (χ0) is 20.6. The van der Waals surface area contributed by atoms with Crippen LogP contribution in [0.15, 0.2) is 60.7 Å². The number of hydrogen-bond acceptors (Lipinski definition) is 3. The summed E-state index contributed by atoms with van der Waals surface area (Å²) < 4.78 is 5.52. The van der Waals surface area contributed by atoms with Crippen molar-refractivity contribution in [1.82, 2.24) is 4.90 Å². The smallest absolute Gasteiger partial charge is 0.410 e. The SMILES string of the molecule is CCC(=O)N(c1ccccc1)C(C)C1CCCN(C(=O)OCc2ccccc2)C1. The fraction of sp³-hybridized carbons (Fsp3) is 0.417. The third kappa shape index (κ3) is 5.37. The highest BCUT2D eigenvalue weighted by atomic mass is 16.6. The number of piperidine rings is 1. The normalized spacial score (nSPS) is 17.4. The molecule has 0 aliphatic carbocycles. The second kappa shape index (κ2) is 10.1. The third-order valence-corrected chi connectivity index (χ3v) is 5.62. The van der Waals surface area contributed by atoms with Crippen LogP contribution < -0.4 is 4.90 Å². The number of nitrogens with zero attached hydrogens (tertiary/aromatic N) is 2. The molecule has 0 spiro atoms. The van der Waals surface area contributed by atoms with Gasteiger partial charge in [-0.25, -0.2) is 4.79 Å². The Morgan fingerprint density at radius 3 is 2.41 bits per heavy atom. The summed E-state index contributed by atoms with van der Waals surface area (Å²) in [5.74, 6) is 0.316. The lowest BCUT2D eigenvalue weighted by molar-refractivity contribution is -0.119. The van der Waals surface area contributed by atoms with E-state index in [2.05, 4.69) is 6.92 Å². The lowest BCUT2D eigenvalue weighted by atomic mass is 9.90. The van der Waals surface area contributed by atoms with Gasteiger partial charge in [0.1, 0.15) is 6.61 Å². The van der Waals surface area contributed by atoms with Gasteiger partial charge in [0, 0.05) is 31.2 Å². The van der Waals surface area contributed by atoms with Gasteiger partial charge in [-0.3, -0.25) is 4.79 Å². The molecule has 2 aromatic rings. The molecule has 29 heavy (non-hydrogen) atoms. The number of carbonyl (C=O) groups is 2. The molecular formula is C24H30N2O3. The molecule has 0 radical (unpaired) electrons. The van der Waals surface area contributed by atoms with Gasteiger partial charge in [0.05, 0.1) is 0 Å². The molecule has 1 aliphatic rings. The number of benzene rings is 2. The van der Waals surface area contributed by atoms with Crippen molar-refractivity contribution < 1.29 is 14.3 Å². The van der Waals surface area contributed by atoms with Gasteiger partial charge < -0.3 is 14.5 Å². The lowest BCUT2D eigenvalue weighted by Crippen LogP contribution is -2.50. The molecule has 0 N–H and O–H groups in total. The highest BCUT2D eigenvalue weighted by Crippen LogP contribution is 2.28. The van der Waals surface area contributed by atoms with Gasteiger partial charge >= 0.3 is 6.09 Å². The maximum absolute atomic E-state index is 12.7. The number of hydrogen-bond donors (Lipinski definition) is 0. The van der Waals surface area contributed by atoms with Crippen molar-refractivity contribution in [2.24, 2.45) is 5.92 Å². The zero-order valence-corrected chi connectivity index (χ0v) is 17.3. The average Bonchev–Trinajstić information content (AvgIpc) is 2.79. The van der Waals surface area contributed by atoms with Crippen LogP contribution >= 0.6 is 0 Å². The van der Waals surface area contributed by atoms with E-state index in [-0.39, 0.29) is 30.6 Å². The molecule has 0 aromatic heterocycles. The predicted octanol–water partition coefficient (Wildman–Crippen LogP) is 4.87. The van der Waals surface area contributed by atoms with E-state index in [0.717, 1.165) is 24.1 Å². The van der Waals surface area contributed by atoms with Gasteiger partial charge in [-0.2, -0.15) is 0 Å². The monoisotopic (exact) mass is 394 g/mol. The predicted molar refractivity (Wildman–Crippen MR) is 115 cm³/mol. The van der Waals surface area contributed by atoms with Crippen LogP contribution in [0.5, 0.6) is 0 Å². The molecule has 5 nitrogen and oxygen atoms in total. The van der Waals surface area contributed by atoms with Crippen molar-refractivity contribution in [2.45, 2.75) is 45.8 Å². The van der Waals surface area contributed by atoms with E-state index < -0.39 is 0 Å². The van der Waals surface area contributed by atoms with Crippen molar-refractivity contribution in [1.29, 1.82) is 0 Å². The Bertz CT molecular complexity index is 794. The first-order valence-electron chi connectivity index (χ1n) is 10.4. The number of ether oxygens (including phenoxy) is 1. The van der Waals surface area contributed by atoms with Crippen LogP contribution in [-0.4, -0.2) is 36.0 Å². The van der Waals surface area contributed by atoms with Crippen LogP contribution in [0, 0.1) is 5.92 Å². The Hall–Kier alpha value is -2.82. The number of para-hydroxylation sites is 1. The summed E-state index contributed by atoms with van der Waals surface area (Å²) >= 11 is 0. The maximum atomic E-state index is 12.7. The summed E-state index contributed by atoms with van der Waals surface area (Å²) in [4.78, 5) is 29.0. The van der Waals surface area contributed by atoms with E-state index in [1.807, 2.05) is 72.5 Å². The Morgan fingerprint density at radius 2 is 1.76 bits per heavy atom. The van der Waals surface area contributed by atoms with Gasteiger partial charge in [-0.1, -0.05) is 55.5 Å². The summed E-state index contributed by atoms with van der Waals surface area (Å²) in [6.07, 6.45) is 2.08. The molecule has 2 amide bonds. The standard InChI is InChI=1S/C24H30N2O3/c1-3-23(27)26(22-14-8-5-9-15-22)19(2)21-13-10-16-25(17-21)24(28)29-18-20-11-6-4-7-12-20/h4-9,11-12,14-15,19,21H,3,10,13,16-18H2,1-2H3. The van der Waals surface area contributed by atoms with Crippen LogP contribution in [-0.2, 0) is 16.1 Å². The minimum atomic E-state index is -0.279. The molecule has 0 saturated carbocycles. The first-order chi connectivity index (χ1) is 14.1. The van der Waals surface area contributed by atoms with Crippen LogP contribution in [0.2, 0.25) is 0 Å². The first kappa shape index (κ1) is 20.9. The van der Waals surface area contributed by atoms with E-state index in [1.54, 1.807) is 4.90 Å². The van der Waals surface area contributed by atoms with Gasteiger partial charge in [-0.15, -0.1) is 0 Å². The van der Waals surface area contributed by atoms with E-state index in [4.69, 9.17) is 4.74 Å². The molecule has 1 fully saturated rings. The first-order valence-corrected chi connectivity index (χ1v) is 10.4. The molecule has 0 bridgehead atoms. The van der Waals surface area contributed by atoms with Crippen molar-refractivity contribution in [3.05, 3.63) is 66.2 Å². The Labute approximate surface area is 173 Å². The Balaban J connectivity index is 1.65. The second-order valence-electron chi connectivity index (χ2n) is 7.58. The topological polar surface area (TPSA) is 49.9 Å². The minimum absolute atomic E-state index is 0.00886. The maximum Gasteiger partial charge on any atom is 0.410 e. The van der Waals surface area contributed by atoms with Gasteiger partial charge in [0.15, 0.2) is 0 Å². The molecule has 2 aromatic carbocycles. The largest absolute Gasteiger partial charge is 0.445 e. The molecule has 1 aliphatic heterocycles. The lowest BCUT2D eigenvalue weighted by Gasteiger charge is -2.40. The molecule has 2 atom stereocenters. The van der Waals surface area contributed by atoms with E-state index in [9.17, 15) is 9.59 Å². The van der Waals surface area contributed by atoms with E-state index in [0.29, 0.717) is 19.5 Å². The molecule has 1 saturated heterocycles. The number of amides is 2. The molecule has 154 valence electrons. The van der Waals surface area contributed by atoms with Crippen LogP contribution in [0.1, 0.15) is 38.7 Å². The number of likely N-dealkylation sites (tertiary alicyclic amines) is 1. The third-order valence-electron chi connectivity index (χ3n) is 5.62. The number of carbonyl (C=O) groups excluding carboxylic acids is 2. The van der Waals surface area contributed by atoms with Crippen LogP contribution in [0.3, 0.4) is 0 Å². The minimum Gasteiger partial charge on any atom is -0.445 e. The highest BCUT2D eigenvalue weighted by molar-refractivity contribution is 5.93. The summed E-state index contributed by atoms with van der Waals surface area (Å²) in [6.45, 7) is 5.56. The summed E-state index contributed by atoms with van der Waals surface area (Å²) in [5, 5.41) is 0. The molecule has 5 heteroatoms. The Kier molecular flexibility index (Phi) is 7.28. The van der Waals surface area contributed by atoms with Crippen molar-refractivity contribution in [3.63, 3.8) is 0 Å². The number of anilines is 1. The second-order valence-corrected chi connectivity index (χ2v) is 7.58. The summed E-state index contributed by atoms with van der Waals surface area (Å²) in [7, 11) is 0. The van der Waals surface area contributed by atoms with Gasteiger partial charge in [0.2, 0.25) is 5.91 Å². The van der Waals surface area contributed by atoms with Crippen molar-refractivity contribution in [3.8, 4) is 0 Å². The van der Waals surface area contributed by atoms with Crippen molar-refractivity contribution >= 4 is 17.7 Å². The van der Waals surface area contributed by atoms with E-state index in [1.165, 1.54) is 0 Å². The Morgan fingerprint density at radius 1 is 1.10 bits per heavy atom. The summed E-state index contributed by atoms with van der Waals surface area (Å²) in [5.41, 5.74) is 1.89. The fourth-order valence-electron chi connectivity index (χ4n) is 3.96. The zero-order valence-electron chi connectivity index (χ0n) is 17.3. The quantitative estimate of drug-likeness (QED) is 0.702. The highest BCUT2D eigenvalue weighted by Gasteiger charge is 2.33. The van der Waals surface area contributed by atoms with Gasteiger partial charge in [0.25, 0.3) is 0 Å². The fourth-order valence-corrected chi connectivity index (χ4v) is 3.96. The van der Waals surface area contributed by atoms with Gasteiger partial charge in [-0.05, 0) is 43.4 Å². The van der Waals surface area contributed by atoms with Crippen LogP contribution in [0.25, 0.3) is 0 Å². The van der Waals surface area contributed by atoms with E-state index >= 15 is 0 Å². The molecule has 1 heterocycles. The molecular weight excluding hydrogens is 364 g/mol. The van der Waals surface area contributed by atoms with Crippen molar-refractivity contribution in [2.75, 3.05) is 18.0 Å². The summed E-state index contributed by atoms with van der Waals surface area (Å²) in [6, 6.07) is 19.5. The number of rotatable bonds is 6. The molecule has 2 unspecified atom stereocenters. The van der Waals surface area contributed by atoms with Crippen LogP contribution in [0.4, 0.5) is 10.5 Å².